The molecule has 0 saturated heterocycles. The number of rotatable bonds is 11. The summed E-state index contributed by atoms with van der Waals surface area (Å²) in [6, 6.07) is 31.8. The highest BCUT2D eigenvalue weighted by atomic mass is 79.9. The first-order chi connectivity index (χ1) is 18.4. The van der Waals surface area contributed by atoms with E-state index < -0.39 is 6.04 Å². The van der Waals surface area contributed by atoms with Crippen molar-refractivity contribution in [2.24, 2.45) is 0 Å². The summed E-state index contributed by atoms with van der Waals surface area (Å²) in [7, 11) is 0. The average Bonchev–Trinajstić information content (AvgIpc) is 2.94. The predicted molar refractivity (Wildman–Crippen MR) is 159 cm³/mol. The van der Waals surface area contributed by atoms with Gasteiger partial charge in [-0.2, -0.15) is 0 Å². The Labute approximate surface area is 234 Å². The molecule has 4 aromatic carbocycles. The maximum Gasteiger partial charge on any atom is 0.243 e. The third kappa shape index (κ3) is 7.32. The molecule has 0 radical (unpaired) electrons. The first-order valence-electron chi connectivity index (χ1n) is 13.3. The summed E-state index contributed by atoms with van der Waals surface area (Å²) in [4.78, 5) is 29.4. The molecular formula is C33H35BrN2O2. The van der Waals surface area contributed by atoms with Crippen LogP contribution in [-0.4, -0.2) is 28.8 Å². The number of aryl methyl sites for hydroxylation is 1. The monoisotopic (exact) mass is 570 g/mol. The Hall–Kier alpha value is -3.44. The van der Waals surface area contributed by atoms with Crippen molar-refractivity contribution < 1.29 is 9.59 Å². The maximum atomic E-state index is 14.0. The van der Waals surface area contributed by atoms with E-state index in [2.05, 4.69) is 45.5 Å². The topological polar surface area (TPSA) is 49.4 Å². The Balaban J connectivity index is 1.65. The Morgan fingerprint density at radius 1 is 0.868 bits per heavy atom. The number of benzene rings is 4. The molecule has 0 heterocycles. The van der Waals surface area contributed by atoms with Crippen LogP contribution in [-0.2, 0) is 29.0 Å². The first kappa shape index (κ1) is 27.6. The predicted octanol–water partition coefficient (Wildman–Crippen LogP) is 7.09. The molecule has 5 heteroatoms. The van der Waals surface area contributed by atoms with Gasteiger partial charge in [0.05, 0.1) is 0 Å². The van der Waals surface area contributed by atoms with E-state index in [0.29, 0.717) is 25.8 Å². The van der Waals surface area contributed by atoms with Crippen molar-refractivity contribution in [3.63, 3.8) is 0 Å². The molecular weight excluding hydrogens is 536 g/mol. The second kappa shape index (κ2) is 13.4. The van der Waals surface area contributed by atoms with Gasteiger partial charge in [0.2, 0.25) is 11.8 Å². The van der Waals surface area contributed by atoms with Crippen LogP contribution in [0.2, 0.25) is 0 Å². The second-order valence-corrected chi connectivity index (χ2v) is 10.7. The molecule has 0 unspecified atom stereocenters. The number of carbonyl (C=O) groups is 2. The van der Waals surface area contributed by atoms with Gasteiger partial charge in [-0.05, 0) is 59.4 Å². The fourth-order valence-electron chi connectivity index (χ4n) is 4.72. The molecule has 1 N–H and O–H groups in total. The average molecular weight is 572 g/mol. The number of hydrogen-bond acceptors (Lipinski definition) is 2. The van der Waals surface area contributed by atoms with Gasteiger partial charge in [-0.1, -0.05) is 108 Å². The molecule has 0 aliphatic heterocycles. The van der Waals surface area contributed by atoms with Crippen molar-refractivity contribution >= 4 is 38.5 Å². The quantitative estimate of drug-likeness (QED) is 0.209. The van der Waals surface area contributed by atoms with Crippen LogP contribution in [0.4, 0.5) is 0 Å². The highest BCUT2D eigenvalue weighted by Crippen LogP contribution is 2.22. The van der Waals surface area contributed by atoms with Crippen molar-refractivity contribution in [3.8, 4) is 0 Å². The van der Waals surface area contributed by atoms with Gasteiger partial charge in [0.25, 0.3) is 0 Å². The van der Waals surface area contributed by atoms with Crippen LogP contribution in [0.1, 0.15) is 43.4 Å². The molecule has 0 spiro atoms. The molecule has 0 fully saturated rings. The van der Waals surface area contributed by atoms with E-state index in [0.717, 1.165) is 33.0 Å². The zero-order chi connectivity index (χ0) is 26.9. The number of nitrogens with zero attached hydrogens (tertiary/aromatic N) is 1. The molecule has 0 bridgehead atoms. The van der Waals surface area contributed by atoms with Crippen molar-refractivity contribution in [1.82, 2.24) is 10.2 Å². The minimum absolute atomic E-state index is 0.0271. The Bertz CT molecular complexity index is 1370. The minimum atomic E-state index is -0.620. The van der Waals surface area contributed by atoms with Gasteiger partial charge >= 0.3 is 0 Å². The van der Waals surface area contributed by atoms with Crippen molar-refractivity contribution in [2.45, 2.75) is 58.2 Å². The summed E-state index contributed by atoms with van der Waals surface area (Å²) in [5, 5.41) is 5.47. The summed E-state index contributed by atoms with van der Waals surface area (Å²) >= 11 is 3.55. The SMILES string of the molecule is CC[C@H](C)NC(=O)[C@@H](Cc1ccccc1)N(Cc1cccc(Br)c1)C(=O)CCc1cccc2ccccc12. The van der Waals surface area contributed by atoms with Crippen molar-refractivity contribution in [1.29, 1.82) is 0 Å². The summed E-state index contributed by atoms with van der Waals surface area (Å²) in [6.45, 7) is 4.41. The van der Waals surface area contributed by atoms with E-state index in [9.17, 15) is 9.59 Å². The molecule has 4 nitrogen and oxygen atoms in total. The lowest BCUT2D eigenvalue weighted by molar-refractivity contribution is -0.141. The van der Waals surface area contributed by atoms with Crippen molar-refractivity contribution in [2.75, 3.05) is 0 Å². The number of fused-ring (bicyclic) bond motifs is 1. The molecule has 196 valence electrons. The van der Waals surface area contributed by atoms with Crippen LogP contribution >= 0.6 is 15.9 Å². The van der Waals surface area contributed by atoms with E-state index in [1.165, 1.54) is 5.39 Å². The number of halogens is 1. The van der Waals surface area contributed by atoms with Gasteiger partial charge in [0, 0.05) is 29.9 Å². The van der Waals surface area contributed by atoms with Crippen LogP contribution in [0.15, 0.2) is 102 Å². The van der Waals surface area contributed by atoms with E-state index in [1.807, 2.05) is 86.6 Å². The lowest BCUT2D eigenvalue weighted by atomic mass is 9.99. The van der Waals surface area contributed by atoms with Crippen LogP contribution in [0.5, 0.6) is 0 Å². The molecule has 4 aromatic rings. The van der Waals surface area contributed by atoms with Gasteiger partial charge in [-0.25, -0.2) is 0 Å². The van der Waals surface area contributed by atoms with E-state index in [4.69, 9.17) is 0 Å². The lowest BCUT2D eigenvalue weighted by Crippen LogP contribution is -2.52. The summed E-state index contributed by atoms with van der Waals surface area (Å²) in [5.74, 6) is -0.144. The molecule has 0 aliphatic rings. The van der Waals surface area contributed by atoms with Crippen LogP contribution in [0, 0.1) is 0 Å². The maximum absolute atomic E-state index is 14.0. The lowest BCUT2D eigenvalue weighted by Gasteiger charge is -2.32. The molecule has 4 rings (SSSR count). The van der Waals surface area contributed by atoms with Crippen LogP contribution in [0.25, 0.3) is 10.8 Å². The molecule has 2 atom stereocenters. The molecule has 0 aromatic heterocycles. The zero-order valence-electron chi connectivity index (χ0n) is 22.1. The zero-order valence-corrected chi connectivity index (χ0v) is 23.7. The van der Waals surface area contributed by atoms with Crippen LogP contribution < -0.4 is 5.32 Å². The van der Waals surface area contributed by atoms with Gasteiger partial charge in [-0.15, -0.1) is 0 Å². The Morgan fingerprint density at radius 3 is 2.32 bits per heavy atom. The Morgan fingerprint density at radius 2 is 1.55 bits per heavy atom. The molecule has 38 heavy (non-hydrogen) atoms. The fraction of sp³-hybridized carbons (Fsp3) is 0.273. The van der Waals surface area contributed by atoms with Gasteiger partial charge in [0.15, 0.2) is 0 Å². The third-order valence-electron chi connectivity index (χ3n) is 7.00. The molecule has 0 aliphatic carbocycles. The summed E-state index contributed by atoms with van der Waals surface area (Å²) < 4.78 is 0.946. The highest BCUT2D eigenvalue weighted by molar-refractivity contribution is 9.10. The number of nitrogens with one attached hydrogen (secondary N) is 1. The van der Waals surface area contributed by atoms with Crippen LogP contribution in [0.3, 0.4) is 0 Å². The smallest absolute Gasteiger partial charge is 0.243 e. The molecule has 0 saturated carbocycles. The number of hydrogen-bond donors (Lipinski definition) is 1. The third-order valence-corrected chi connectivity index (χ3v) is 7.50. The molecule has 2 amide bonds. The van der Waals surface area contributed by atoms with Crippen molar-refractivity contribution in [3.05, 3.63) is 118 Å². The van der Waals surface area contributed by atoms with Gasteiger partial charge in [0.1, 0.15) is 6.04 Å². The highest BCUT2D eigenvalue weighted by Gasteiger charge is 2.30. The first-order valence-corrected chi connectivity index (χ1v) is 14.1. The summed E-state index contributed by atoms with van der Waals surface area (Å²) in [5.41, 5.74) is 3.15. The van der Waals surface area contributed by atoms with Gasteiger partial charge in [-0.3, -0.25) is 9.59 Å². The van der Waals surface area contributed by atoms with E-state index in [-0.39, 0.29) is 17.9 Å². The standard InChI is InChI=1S/C33H35BrN2O2/c1-3-24(2)35-33(38)31(22-25-11-5-4-6-12-25)36(23-26-13-9-17-29(34)21-26)32(37)20-19-28-16-10-15-27-14-7-8-18-30(27)28/h4-18,21,24,31H,3,19-20,22-23H2,1-2H3,(H,35,38)/t24-,31+/m0/s1. The number of amides is 2. The summed E-state index contributed by atoms with van der Waals surface area (Å²) in [6.07, 6.45) is 2.21. The van der Waals surface area contributed by atoms with E-state index in [1.54, 1.807) is 4.90 Å². The van der Waals surface area contributed by atoms with E-state index >= 15 is 0 Å². The Kier molecular flexibility index (Phi) is 9.72. The minimum Gasteiger partial charge on any atom is -0.352 e. The normalized spacial score (nSPS) is 12.6. The van der Waals surface area contributed by atoms with Gasteiger partial charge < -0.3 is 10.2 Å². The largest absolute Gasteiger partial charge is 0.352 e. The fourth-order valence-corrected chi connectivity index (χ4v) is 5.17. The number of carbonyl (C=O) groups excluding carboxylic acids is 2. The second-order valence-electron chi connectivity index (χ2n) is 9.81.